The van der Waals surface area contributed by atoms with Crippen LogP contribution in [0.1, 0.15) is 5.76 Å². The van der Waals surface area contributed by atoms with Crippen LogP contribution in [0.3, 0.4) is 0 Å². The standard InChI is InChI=1S/C14H12ClN3O/c1-9-6-7-13(19-9)14-11(16)8-18(17-14)12-5-3-2-4-10(12)15/h2-8H,16H2,1H3. The topological polar surface area (TPSA) is 57.0 Å². The first kappa shape index (κ1) is 11.9. The van der Waals surface area contributed by atoms with Gasteiger partial charge >= 0.3 is 0 Å². The van der Waals surface area contributed by atoms with Crippen LogP contribution in [0.5, 0.6) is 0 Å². The molecule has 96 valence electrons. The Morgan fingerprint density at radius 1 is 1.21 bits per heavy atom. The van der Waals surface area contributed by atoms with Crippen molar-refractivity contribution < 1.29 is 4.42 Å². The summed E-state index contributed by atoms with van der Waals surface area (Å²) in [5.74, 6) is 1.47. The summed E-state index contributed by atoms with van der Waals surface area (Å²) in [6.45, 7) is 1.88. The molecule has 0 fully saturated rings. The number of halogens is 1. The molecule has 0 atom stereocenters. The molecule has 0 amide bonds. The quantitative estimate of drug-likeness (QED) is 0.775. The molecule has 0 saturated heterocycles. The molecule has 1 aromatic carbocycles. The third kappa shape index (κ3) is 2.11. The van der Waals surface area contributed by atoms with Crippen molar-refractivity contribution in [2.75, 3.05) is 5.73 Å². The number of para-hydroxylation sites is 1. The molecule has 0 radical (unpaired) electrons. The number of aryl methyl sites for hydroxylation is 1. The molecule has 2 heterocycles. The van der Waals surface area contributed by atoms with E-state index in [1.165, 1.54) is 0 Å². The molecule has 0 aliphatic rings. The number of benzene rings is 1. The maximum atomic E-state index is 6.15. The van der Waals surface area contributed by atoms with E-state index >= 15 is 0 Å². The average Bonchev–Trinajstić information content (AvgIpc) is 2.96. The Hall–Kier alpha value is -2.20. The van der Waals surface area contributed by atoms with Crippen molar-refractivity contribution in [1.29, 1.82) is 0 Å². The van der Waals surface area contributed by atoms with Crippen molar-refractivity contribution in [3.63, 3.8) is 0 Å². The van der Waals surface area contributed by atoms with E-state index in [1.807, 2.05) is 43.3 Å². The van der Waals surface area contributed by atoms with E-state index < -0.39 is 0 Å². The normalized spacial score (nSPS) is 10.8. The minimum Gasteiger partial charge on any atom is -0.460 e. The highest BCUT2D eigenvalue weighted by atomic mass is 35.5. The lowest BCUT2D eigenvalue weighted by molar-refractivity contribution is 0.546. The van der Waals surface area contributed by atoms with Crippen LogP contribution in [0.15, 0.2) is 47.0 Å². The Bertz CT molecular complexity index is 730. The van der Waals surface area contributed by atoms with E-state index in [-0.39, 0.29) is 0 Å². The van der Waals surface area contributed by atoms with Gasteiger partial charge in [0, 0.05) is 0 Å². The van der Waals surface area contributed by atoms with Gasteiger partial charge in [-0.25, -0.2) is 4.68 Å². The Balaban J connectivity index is 2.10. The van der Waals surface area contributed by atoms with Crippen LogP contribution in [0, 0.1) is 6.92 Å². The summed E-state index contributed by atoms with van der Waals surface area (Å²) >= 11 is 6.15. The number of nitrogens with zero attached hydrogens (tertiary/aromatic N) is 2. The molecule has 0 aliphatic carbocycles. The SMILES string of the molecule is Cc1ccc(-c2nn(-c3ccccc3Cl)cc2N)o1. The maximum Gasteiger partial charge on any atom is 0.156 e. The summed E-state index contributed by atoms with van der Waals surface area (Å²) in [5.41, 5.74) is 7.94. The Labute approximate surface area is 115 Å². The second-order valence-electron chi connectivity index (χ2n) is 4.24. The maximum absolute atomic E-state index is 6.15. The van der Waals surface area contributed by atoms with Crippen LogP contribution in [0.25, 0.3) is 17.1 Å². The molecule has 5 heteroatoms. The van der Waals surface area contributed by atoms with Gasteiger partial charge in [0.1, 0.15) is 5.76 Å². The van der Waals surface area contributed by atoms with E-state index in [9.17, 15) is 0 Å². The first-order chi connectivity index (χ1) is 9.15. The highest BCUT2D eigenvalue weighted by molar-refractivity contribution is 6.32. The smallest absolute Gasteiger partial charge is 0.156 e. The molecule has 0 saturated carbocycles. The lowest BCUT2D eigenvalue weighted by atomic mass is 10.3. The minimum absolute atomic E-state index is 0.550. The molecule has 3 rings (SSSR count). The average molecular weight is 274 g/mol. The number of rotatable bonds is 2. The number of anilines is 1. The van der Waals surface area contributed by atoms with Crippen molar-refractivity contribution in [3.05, 3.63) is 53.4 Å². The lowest BCUT2D eigenvalue weighted by Crippen LogP contribution is -1.95. The molecule has 2 aromatic heterocycles. The third-order valence-corrected chi connectivity index (χ3v) is 3.14. The van der Waals surface area contributed by atoms with Gasteiger partial charge < -0.3 is 10.2 Å². The summed E-state index contributed by atoms with van der Waals surface area (Å²) in [7, 11) is 0. The van der Waals surface area contributed by atoms with Crippen LogP contribution in [0.2, 0.25) is 5.02 Å². The summed E-state index contributed by atoms with van der Waals surface area (Å²) < 4.78 is 7.20. The zero-order valence-corrected chi connectivity index (χ0v) is 11.1. The van der Waals surface area contributed by atoms with Crippen molar-refractivity contribution in [2.24, 2.45) is 0 Å². The van der Waals surface area contributed by atoms with Gasteiger partial charge in [-0.2, -0.15) is 5.10 Å². The fourth-order valence-corrected chi connectivity index (χ4v) is 2.12. The van der Waals surface area contributed by atoms with Crippen molar-refractivity contribution in [3.8, 4) is 17.1 Å². The van der Waals surface area contributed by atoms with Gasteiger partial charge in [-0.1, -0.05) is 23.7 Å². The highest BCUT2D eigenvalue weighted by Crippen LogP contribution is 2.28. The molecule has 19 heavy (non-hydrogen) atoms. The molecule has 4 nitrogen and oxygen atoms in total. The van der Waals surface area contributed by atoms with E-state index in [4.69, 9.17) is 21.8 Å². The van der Waals surface area contributed by atoms with Crippen LogP contribution < -0.4 is 5.73 Å². The van der Waals surface area contributed by atoms with Gasteiger partial charge in [0.15, 0.2) is 11.5 Å². The van der Waals surface area contributed by atoms with E-state index in [2.05, 4.69) is 5.10 Å². The summed E-state index contributed by atoms with van der Waals surface area (Å²) in [5, 5.41) is 5.06. The zero-order chi connectivity index (χ0) is 13.4. The lowest BCUT2D eigenvalue weighted by Gasteiger charge is -2.02. The van der Waals surface area contributed by atoms with Crippen LogP contribution >= 0.6 is 11.6 Å². The third-order valence-electron chi connectivity index (χ3n) is 2.82. The van der Waals surface area contributed by atoms with Gasteiger partial charge in [0.2, 0.25) is 0 Å². The largest absolute Gasteiger partial charge is 0.460 e. The number of nitrogens with two attached hydrogens (primary N) is 1. The number of hydrogen-bond acceptors (Lipinski definition) is 3. The van der Waals surface area contributed by atoms with E-state index in [0.717, 1.165) is 11.4 Å². The second-order valence-corrected chi connectivity index (χ2v) is 4.65. The molecule has 0 unspecified atom stereocenters. The number of nitrogen functional groups attached to an aromatic ring is 1. The molecule has 2 N–H and O–H groups in total. The number of hydrogen-bond donors (Lipinski definition) is 1. The summed E-state index contributed by atoms with van der Waals surface area (Å²) in [4.78, 5) is 0. The Morgan fingerprint density at radius 3 is 2.68 bits per heavy atom. The van der Waals surface area contributed by atoms with Gasteiger partial charge in [0.25, 0.3) is 0 Å². The molecule has 3 aromatic rings. The monoisotopic (exact) mass is 273 g/mol. The van der Waals surface area contributed by atoms with E-state index in [1.54, 1.807) is 10.9 Å². The van der Waals surface area contributed by atoms with E-state index in [0.29, 0.717) is 22.2 Å². The van der Waals surface area contributed by atoms with Crippen molar-refractivity contribution in [2.45, 2.75) is 6.92 Å². The summed E-state index contributed by atoms with van der Waals surface area (Å²) in [6.07, 6.45) is 1.73. The highest BCUT2D eigenvalue weighted by Gasteiger charge is 2.13. The molecular formula is C14H12ClN3O. The molecule has 0 aliphatic heterocycles. The summed E-state index contributed by atoms with van der Waals surface area (Å²) in [6, 6.07) is 11.2. The van der Waals surface area contributed by atoms with Gasteiger partial charge in [0.05, 0.1) is 22.6 Å². The van der Waals surface area contributed by atoms with Crippen molar-refractivity contribution in [1.82, 2.24) is 9.78 Å². The van der Waals surface area contributed by atoms with Crippen LogP contribution in [-0.4, -0.2) is 9.78 Å². The second kappa shape index (κ2) is 4.48. The first-order valence-electron chi connectivity index (χ1n) is 5.82. The first-order valence-corrected chi connectivity index (χ1v) is 6.20. The Morgan fingerprint density at radius 2 is 2.00 bits per heavy atom. The zero-order valence-electron chi connectivity index (χ0n) is 10.3. The number of aromatic nitrogens is 2. The predicted octanol–water partition coefficient (Wildman–Crippen LogP) is 3.68. The fraction of sp³-hybridized carbons (Fsp3) is 0.0714. The van der Waals surface area contributed by atoms with Crippen LogP contribution in [-0.2, 0) is 0 Å². The minimum atomic E-state index is 0.550. The number of furan rings is 1. The Kier molecular flexibility index (Phi) is 2.80. The molecule has 0 spiro atoms. The predicted molar refractivity (Wildman–Crippen MR) is 75.4 cm³/mol. The van der Waals surface area contributed by atoms with Gasteiger partial charge in [-0.15, -0.1) is 0 Å². The van der Waals surface area contributed by atoms with Gasteiger partial charge in [-0.05, 0) is 31.2 Å². The van der Waals surface area contributed by atoms with Crippen LogP contribution in [0.4, 0.5) is 5.69 Å². The molecular weight excluding hydrogens is 262 g/mol. The van der Waals surface area contributed by atoms with Gasteiger partial charge in [-0.3, -0.25) is 0 Å². The van der Waals surface area contributed by atoms with Crippen molar-refractivity contribution >= 4 is 17.3 Å². The fourth-order valence-electron chi connectivity index (χ4n) is 1.90. The molecule has 0 bridgehead atoms.